The van der Waals surface area contributed by atoms with Crippen LogP contribution in [-0.4, -0.2) is 75.8 Å². The number of rotatable bonds is 6. The van der Waals surface area contributed by atoms with Crippen LogP contribution in [0.2, 0.25) is 0 Å². The van der Waals surface area contributed by atoms with E-state index in [1.165, 1.54) is 14.2 Å². The van der Waals surface area contributed by atoms with Crippen molar-refractivity contribution in [3.05, 3.63) is 35.7 Å². The lowest BCUT2D eigenvalue weighted by atomic mass is 10.1. The van der Waals surface area contributed by atoms with Gasteiger partial charge in [-0.2, -0.15) is 10.1 Å². The fraction of sp³-hybridized carbons (Fsp3) is 0.500. The van der Waals surface area contributed by atoms with Crippen molar-refractivity contribution in [3.63, 3.8) is 0 Å². The molecule has 0 saturated carbocycles. The summed E-state index contributed by atoms with van der Waals surface area (Å²) in [5.41, 5.74) is 1.47. The summed E-state index contributed by atoms with van der Waals surface area (Å²) in [6, 6.07) is 5.21. The molecule has 2 atom stereocenters. The van der Waals surface area contributed by atoms with Crippen LogP contribution in [0, 0.1) is 0 Å². The van der Waals surface area contributed by atoms with Gasteiger partial charge in [0.05, 0.1) is 26.3 Å². The Bertz CT molecular complexity index is 927. The molecule has 0 bridgehead atoms. The van der Waals surface area contributed by atoms with Crippen molar-refractivity contribution in [2.75, 3.05) is 27.3 Å². The van der Waals surface area contributed by atoms with Crippen LogP contribution < -0.4 is 9.47 Å². The van der Waals surface area contributed by atoms with Gasteiger partial charge in [-0.25, -0.2) is 0 Å². The first-order valence-corrected chi connectivity index (χ1v) is 9.69. The molecular formula is C20H25N5O4. The van der Waals surface area contributed by atoms with E-state index in [-0.39, 0.29) is 29.8 Å². The van der Waals surface area contributed by atoms with Crippen LogP contribution in [0.3, 0.4) is 0 Å². The van der Waals surface area contributed by atoms with E-state index in [9.17, 15) is 9.59 Å². The van der Waals surface area contributed by atoms with Gasteiger partial charge in [-0.05, 0) is 18.6 Å². The van der Waals surface area contributed by atoms with E-state index in [1.807, 2.05) is 22.7 Å². The Morgan fingerprint density at radius 3 is 2.72 bits per heavy atom. The Hall–Kier alpha value is -3.10. The summed E-state index contributed by atoms with van der Waals surface area (Å²) in [4.78, 5) is 33.8. The Labute approximate surface area is 169 Å². The van der Waals surface area contributed by atoms with Gasteiger partial charge in [0.1, 0.15) is 5.56 Å². The molecule has 154 valence electrons. The predicted octanol–water partition coefficient (Wildman–Crippen LogP) is 0.890. The number of aromatic nitrogens is 3. The van der Waals surface area contributed by atoms with Gasteiger partial charge >= 0.3 is 0 Å². The molecular weight excluding hydrogens is 374 g/mol. The minimum atomic E-state index is -0.161. The minimum Gasteiger partial charge on any atom is -0.481 e. The Morgan fingerprint density at radius 2 is 2.03 bits per heavy atom. The monoisotopic (exact) mass is 399 g/mol. The number of methoxy groups -OCH3 is 2. The first kappa shape index (κ1) is 19.2. The molecule has 4 heterocycles. The molecule has 0 aliphatic carbocycles. The second kappa shape index (κ2) is 7.73. The van der Waals surface area contributed by atoms with E-state index >= 15 is 0 Å². The molecule has 9 nitrogen and oxygen atoms in total. The number of fused-ring (bicyclic) bond motifs is 1. The number of carbonyl (C=O) groups is 2. The van der Waals surface area contributed by atoms with E-state index in [1.54, 1.807) is 23.2 Å². The van der Waals surface area contributed by atoms with Crippen molar-refractivity contribution in [1.82, 2.24) is 24.6 Å². The molecule has 2 fully saturated rings. The molecule has 2 aromatic rings. The van der Waals surface area contributed by atoms with Gasteiger partial charge in [-0.3, -0.25) is 14.3 Å². The second-order valence-corrected chi connectivity index (χ2v) is 7.32. The molecule has 9 heteroatoms. The number of hydrogen-bond donors (Lipinski definition) is 0. The average molecular weight is 399 g/mol. The SMILES string of the molecule is COc1ccc(C(=O)N2CC[C@H]3[C@@H]2CC(=O)N3CCc2ccnn2C)c(OC)n1. The molecule has 2 amide bonds. The van der Waals surface area contributed by atoms with Gasteiger partial charge in [-0.1, -0.05) is 0 Å². The van der Waals surface area contributed by atoms with Crippen LogP contribution in [0.15, 0.2) is 24.4 Å². The molecule has 2 aromatic heterocycles. The number of carbonyl (C=O) groups excluding carboxylic acids is 2. The zero-order valence-electron chi connectivity index (χ0n) is 16.9. The quantitative estimate of drug-likeness (QED) is 0.717. The summed E-state index contributed by atoms with van der Waals surface area (Å²) in [7, 11) is 4.89. The van der Waals surface area contributed by atoms with Gasteiger partial charge in [-0.15, -0.1) is 0 Å². The highest BCUT2D eigenvalue weighted by Crippen LogP contribution is 2.34. The maximum absolute atomic E-state index is 13.2. The molecule has 2 aliphatic rings. The minimum absolute atomic E-state index is 0.0527. The highest BCUT2D eigenvalue weighted by Gasteiger charge is 2.48. The van der Waals surface area contributed by atoms with Crippen molar-refractivity contribution in [1.29, 1.82) is 0 Å². The summed E-state index contributed by atoms with van der Waals surface area (Å²) in [5, 5.41) is 4.18. The number of ether oxygens (including phenoxy) is 2. The van der Waals surface area contributed by atoms with Crippen LogP contribution in [0.1, 0.15) is 28.9 Å². The van der Waals surface area contributed by atoms with Crippen LogP contribution in [0.5, 0.6) is 11.8 Å². The fourth-order valence-corrected chi connectivity index (χ4v) is 4.36. The molecule has 2 aliphatic heterocycles. The largest absolute Gasteiger partial charge is 0.481 e. The molecule has 0 radical (unpaired) electrons. The van der Waals surface area contributed by atoms with Gasteiger partial charge < -0.3 is 19.3 Å². The number of pyridine rings is 1. The summed E-state index contributed by atoms with van der Waals surface area (Å²) < 4.78 is 12.2. The predicted molar refractivity (Wildman–Crippen MR) is 104 cm³/mol. The van der Waals surface area contributed by atoms with E-state index in [0.717, 1.165) is 18.5 Å². The second-order valence-electron chi connectivity index (χ2n) is 7.32. The zero-order chi connectivity index (χ0) is 20.5. The lowest BCUT2D eigenvalue weighted by Crippen LogP contribution is -2.40. The Morgan fingerprint density at radius 1 is 1.21 bits per heavy atom. The lowest BCUT2D eigenvalue weighted by Gasteiger charge is -2.25. The third-order valence-electron chi connectivity index (χ3n) is 5.87. The van der Waals surface area contributed by atoms with Gasteiger partial charge in [0.2, 0.25) is 17.7 Å². The molecule has 0 unspecified atom stereocenters. The number of hydrogen-bond acceptors (Lipinski definition) is 6. The number of nitrogens with zero attached hydrogens (tertiary/aromatic N) is 5. The number of likely N-dealkylation sites (tertiary alicyclic amines) is 2. The van der Waals surface area contributed by atoms with Crippen LogP contribution in [-0.2, 0) is 18.3 Å². The van der Waals surface area contributed by atoms with E-state index in [0.29, 0.717) is 31.0 Å². The molecule has 4 rings (SSSR count). The van der Waals surface area contributed by atoms with E-state index < -0.39 is 0 Å². The normalized spacial score (nSPS) is 20.9. The summed E-state index contributed by atoms with van der Waals surface area (Å²) in [6.07, 6.45) is 3.64. The molecule has 0 aromatic carbocycles. The molecule has 29 heavy (non-hydrogen) atoms. The topological polar surface area (TPSA) is 89.8 Å². The summed E-state index contributed by atoms with van der Waals surface area (Å²) >= 11 is 0. The lowest BCUT2D eigenvalue weighted by molar-refractivity contribution is -0.129. The highest BCUT2D eigenvalue weighted by atomic mass is 16.5. The molecule has 0 spiro atoms. The Balaban J connectivity index is 1.49. The maximum atomic E-state index is 13.2. The van der Waals surface area contributed by atoms with Gasteiger partial charge in [0, 0.05) is 50.9 Å². The van der Waals surface area contributed by atoms with E-state index in [2.05, 4.69) is 10.1 Å². The van der Waals surface area contributed by atoms with Crippen molar-refractivity contribution in [2.45, 2.75) is 31.3 Å². The van der Waals surface area contributed by atoms with Gasteiger partial charge in [0.15, 0.2) is 0 Å². The third-order valence-corrected chi connectivity index (χ3v) is 5.87. The first-order valence-electron chi connectivity index (χ1n) is 9.69. The van der Waals surface area contributed by atoms with Gasteiger partial charge in [0.25, 0.3) is 5.91 Å². The summed E-state index contributed by atoms with van der Waals surface area (Å²) in [5.74, 6) is 0.551. The van der Waals surface area contributed by atoms with Crippen LogP contribution >= 0.6 is 0 Å². The van der Waals surface area contributed by atoms with Crippen LogP contribution in [0.4, 0.5) is 0 Å². The van der Waals surface area contributed by atoms with Crippen molar-refractivity contribution >= 4 is 11.8 Å². The summed E-state index contributed by atoms with van der Waals surface area (Å²) in [6.45, 7) is 1.24. The smallest absolute Gasteiger partial charge is 0.259 e. The van der Waals surface area contributed by atoms with E-state index in [4.69, 9.17) is 9.47 Å². The molecule has 0 N–H and O–H groups in total. The fourth-order valence-electron chi connectivity index (χ4n) is 4.36. The zero-order valence-corrected chi connectivity index (χ0v) is 16.9. The molecule has 2 saturated heterocycles. The highest BCUT2D eigenvalue weighted by molar-refractivity contribution is 5.97. The standard InChI is InChI=1S/C20H25N5O4/c1-23-13(6-9-21-23)7-10-24-15-8-11-25(16(15)12-18(24)26)20(27)14-4-5-17(28-2)22-19(14)29-3/h4-6,9,15-16H,7-8,10-12H2,1-3H3/t15-,16-/m0/s1. The van der Waals surface area contributed by atoms with Crippen molar-refractivity contribution in [2.24, 2.45) is 7.05 Å². The van der Waals surface area contributed by atoms with Crippen molar-refractivity contribution in [3.8, 4) is 11.8 Å². The van der Waals surface area contributed by atoms with Crippen LogP contribution in [0.25, 0.3) is 0 Å². The first-order chi connectivity index (χ1) is 14.0. The third kappa shape index (κ3) is 3.41. The average Bonchev–Trinajstić information content (AvgIpc) is 3.41. The maximum Gasteiger partial charge on any atom is 0.259 e. The number of aryl methyl sites for hydroxylation is 1. The number of amides is 2. The van der Waals surface area contributed by atoms with Crippen molar-refractivity contribution < 1.29 is 19.1 Å². The Kier molecular flexibility index (Phi) is 5.12.